The predicted octanol–water partition coefficient (Wildman–Crippen LogP) is 1.96. The first-order chi connectivity index (χ1) is 13.0. The second-order valence-electron chi connectivity index (χ2n) is 6.39. The van der Waals surface area contributed by atoms with E-state index in [9.17, 15) is 13.5 Å². The highest BCUT2D eigenvalue weighted by atomic mass is 32.2. The molecule has 0 fully saturated rings. The lowest BCUT2D eigenvalue weighted by Gasteiger charge is -2.19. The third-order valence-corrected chi connectivity index (χ3v) is 6.00. The van der Waals surface area contributed by atoms with Gasteiger partial charge in [0.25, 0.3) is 0 Å². The minimum absolute atomic E-state index is 0.0665. The molecule has 0 aliphatic carbocycles. The molecular formula is C19H20N2O5S. The maximum Gasteiger partial charge on any atom is 0.240 e. The number of nitrogens with one attached hydrogen (secondary N) is 1. The van der Waals surface area contributed by atoms with Gasteiger partial charge in [-0.2, -0.15) is 0 Å². The van der Waals surface area contributed by atoms with E-state index in [1.54, 1.807) is 6.07 Å². The average molecular weight is 388 g/mol. The molecule has 142 valence electrons. The molecular weight excluding hydrogens is 368 g/mol. The van der Waals surface area contributed by atoms with Crippen LogP contribution in [0.5, 0.6) is 11.5 Å². The first kappa shape index (κ1) is 17.8. The van der Waals surface area contributed by atoms with Gasteiger partial charge in [0.1, 0.15) is 13.2 Å². The summed E-state index contributed by atoms with van der Waals surface area (Å²) in [4.78, 5) is 0.0665. The normalized spacial score (nSPS) is 15.0. The Bertz CT molecular complexity index is 1090. The summed E-state index contributed by atoms with van der Waals surface area (Å²) >= 11 is 0. The van der Waals surface area contributed by atoms with Gasteiger partial charge in [0.2, 0.25) is 10.0 Å². The molecule has 2 heterocycles. The van der Waals surface area contributed by atoms with Crippen molar-refractivity contribution in [1.29, 1.82) is 0 Å². The lowest BCUT2D eigenvalue weighted by atomic mass is 10.1. The number of nitrogens with zero attached hydrogens (tertiary/aromatic N) is 1. The molecule has 1 aromatic heterocycles. The molecule has 0 bridgehead atoms. The standard InChI is InChI=1S/C19H20N2O5S/c1-21-12-15(14-4-2-3-5-16(14)21)17(22)11-20-27(23,24)13-6-7-18-19(10-13)26-9-8-25-18/h2-7,10,12,17,20,22H,8-9,11H2,1H3/t17-/m1/s1. The SMILES string of the molecule is Cn1cc([C@H](O)CNS(=O)(=O)c2ccc3c(c2)OCCO3)c2ccccc21. The lowest BCUT2D eigenvalue weighted by Crippen LogP contribution is -2.28. The predicted molar refractivity (Wildman–Crippen MR) is 100 cm³/mol. The first-order valence-electron chi connectivity index (χ1n) is 8.57. The van der Waals surface area contributed by atoms with E-state index in [4.69, 9.17) is 9.47 Å². The summed E-state index contributed by atoms with van der Waals surface area (Å²) in [7, 11) is -1.91. The molecule has 0 saturated heterocycles. The Labute approximate surface area is 157 Å². The van der Waals surface area contributed by atoms with Crippen molar-refractivity contribution in [1.82, 2.24) is 9.29 Å². The topological polar surface area (TPSA) is 89.8 Å². The van der Waals surface area contributed by atoms with E-state index in [-0.39, 0.29) is 11.4 Å². The van der Waals surface area contributed by atoms with Gasteiger partial charge < -0.3 is 19.1 Å². The van der Waals surface area contributed by atoms with Gasteiger partial charge >= 0.3 is 0 Å². The van der Waals surface area contributed by atoms with Crippen molar-refractivity contribution in [2.45, 2.75) is 11.0 Å². The quantitative estimate of drug-likeness (QED) is 0.697. The van der Waals surface area contributed by atoms with Gasteiger partial charge in [0.15, 0.2) is 11.5 Å². The number of aryl methyl sites for hydroxylation is 1. The zero-order chi connectivity index (χ0) is 19.0. The maximum atomic E-state index is 12.6. The molecule has 0 amide bonds. The van der Waals surface area contributed by atoms with Gasteiger partial charge in [0, 0.05) is 42.3 Å². The summed E-state index contributed by atoms with van der Waals surface area (Å²) in [5, 5.41) is 11.4. The number of aromatic nitrogens is 1. The Balaban J connectivity index is 1.53. The monoisotopic (exact) mass is 388 g/mol. The second kappa shape index (κ2) is 6.88. The van der Waals surface area contributed by atoms with Gasteiger partial charge in [-0.05, 0) is 18.2 Å². The number of sulfonamides is 1. The molecule has 0 radical (unpaired) electrons. The Morgan fingerprint density at radius 1 is 1.15 bits per heavy atom. The highest BCUT2D eigenvalue weighted by Crippen LogP contribution is 2.32. The van der Waals surface area contributed by atoms with Crippen LogP contribution in [0.3, 0.4) is 0 Å². The van der Waals surface area contributed by atoms with E-state index in [0.29, 0.717) is 30.3 Å². The minimum atomic E-state index is -3.80. The number of rotatable bonds is 5. The number of aliphatic hydroxyl groups is 1. The third-order valence-electron chi connectivity index (χ3n) is 4.58. The Morgan fingerprint density at radius 2 is 1.89 bits per heavy atom. The molecule has 8 heteroatoms. The van der Waals surface area contributed by atoms with Gasteiger partial charge in [-0.1, -0.05) is 18.2 Å². The lowest BCUT2D eigenvalue weighted by molar-refractivity contribution is 0.171. The van der Waals surface area contributed by atoms with Gasteiger partial charge in [-0.25, -0.2) is 13.1 Å². The Hall–Kier alpha value is -2.55. The highest BCUT2D eigenvalue weighted by molar-refractivity contribution is 7.89. The van der Waals surface area contributed by atoms with Crippen LogP contribution in [0, 0.1) is 0 Å². The average Bonchev–Trinajstić information content (AvgIpc) is 3.03. The van der Waals surface area contributed by atoms with E-state index < -0.39 is 16.1 Å². The summed E-state index contributed by atoms with van der Waals surface area (Å²) in [5.41, 5.74) is 1.65. The largest absolute Gasteiger partial charge is 0.486 e. The zero-order valence-corrected chi connectivity index (χ0v) is 15.6. The van der Waals surface area contributed by atoms with Gasteiger partial charge in [-0.15, -0.1) is 0 Å². The molecule has 3 aromatic rings. The smallest absolute Gasteiger partial charge is 0.240 e. The van der Waals surface area contributed by atoms with Crippen LogP contribution in [-0.2, 0) is 17.1 Å². The summed E-state index contributed by atoms with van der Waals surface area (Å²) in [6.07, 6.45) is 0.844. The number of hydrogen-bond donors (Lipinski definition) is 2. The van der Waals surface area contributed by atoms with Crippen LogP contribution in [0.1, 0.15) is 11.7 Å². The maximum absolute atomic E-state index is 12.6. The molecule has 1 atom stereocenters. The van der Waals surface area contributed by atoms with Crippen molar-refractivity contribution in [2.75, 3.05) is 19.8 Å². The van der Waals surface area contributed by atoms with Crippen molar-refractivity contribution in [3.63, 3.8) is 0 Å². The van der Waals surface area contributed by atoms with Crippen LogP contribution in [0.4, 0.5) is 0 Å². The van der Waals surface area contributed by atoms with Crippen LogP contribution in [0.15, 0.2) is 53.6 Å². The van der Waals surface area contributed by atoms with E-state index in [1.165, 1.54) is 12.1 Å². The molecule has 0 saturated carbocycles. The summed E-state index contributed by atoms with van der Waals surface area (Å²) in [6, 6.07) is 12.1. The number of ether oxygens (including phenoxy) is 2. The number of fused-ring (bicyclic) bond motifs is 2. The number of para-hydroxylation sites is 1. The molecule has 2 N–H and O–H groups in total. The Kier molecular flexibility index (Phi) is 4.55. The molecule has 4 rings (SSSR count). The van der Waals surface area contributed by atoms with Crippen LogP contribution in [-0.4, -0.2) is 37.8 Å². The molecule has 0 unspecified atom stereocenters. The first-order valence-corrected chi connectivity index (χ1v) is 10.1. The van der Waals surface area contributed by atoms with E-state index >= 15 is 0 Å². The van der Waals surface area contributed by atoms with Crippen LogP contribution < -0.4 is 14.2 Å². The molecule has 1 aliphatic heterocycles. The number of benzene rings is 2. The van der Waals surface area contributed by atoms with Crippen LogP contribution >= 0.6 is 0 Å². The van der Waals surface area contributed by atoms with Gasteiger partial charge in [-0.3, -0.25) is 0 Å². The minimum Gasteiger partial charge on any atom is -0.486 e. The summed E-state index contributed by atoms with van der Waals surface area (Å²) in [6.45, 7) is 0.684. The van der Waals surface area contributed by atoms with Crippen LogP contribution in [0.25, 0.3) is 10.9 Å². The van der Waals surface area contributed by atoms with Crippen molar-refractivity contribution in [3.8, 4) is 11.5 Å². The fourth-order valence-corrected chi connectivity index (χ4v) is 4.26. The van der Waals surface area contributed by atoms with E-state index in [1.807, 2.05) is 42.1 Å². The Morgan fingerprint density at radius 3 is 2.70 bits per heavy atom. The number of hydrogen-bond acceptors (Lipinski definition) is 5. The molecule has 1 aliphatic rings. The highest BCUT2D eigenvalue weighted by Gasteiger charge is 2.22. The van der Waals surface area contributed by atoms with Crippen molar-refractivity contribution in [2.24, 2.45) is 7.05 Å². The third kappa shape index (κ3) is 3.39. The van der Waals surface area contributed by atoms with Crippen molar-refractivity contribution in [3.05, 3.63) is 54.2 Å². The number of aliphatic hydroxyl groups excluding tert-OH is 1. The molecule has 27 heavy (non-hydrogen) atoms. The van der Waals surface area contributed by atoms with E-state index in [2.05, 4.69) is 4.72 Å². The van der Waals surface area contributed by atoms with Crippen molar-refractivity contribution < 1.29 is 23.0 Å². The summed E-state index contributed by atoms with van der Waals surface area (Å²) < 4.78 is 40.4. The van der Waals surface area contributed by atoms with Gasteiger partial charge in [0.05, 0.1) is 11.0 Å². The molecule has 2 aromatic carbocycles. The fourth-order valence-electron chi connectivity index (χ4n) is 3.21. The molecule has 7 nitrogen and oxygen atoms in total. The van der Waals surface area contributed by atoms with Crippen molar-refractivity contribution >= 4 is 20.9 Å². The fraction of sp³-hybridized carbons (Fsp3) is 0.263. The van der Waals surface area contributed by atoms with Crippen LogP contribution in [0.2, 0.25) is 0 Å². The summed E-state index contributed by atoms with van der Waals surface area (Å²) in [5.74, 6) is 0.926. The zero-order valence-electron chi connectivity index (χ0n) is 14.8. The second-order valence-corrected chi connectivity index (χ2v) is 8.15. The molecule has 0 spiro atoms. The van der Waals surface area contributed by atoms with E-state index in [0.717, 1.165) is 10.9 Å².